The van der Waals surface area contributed by atoms with Crippen molar-refractivity contribution < 1.29 is 4.52 Å². The number of aromatic nitrogens is 2. The minimum atomic E-state index is 0.752. The monoisotopic (exact) mass is 224 g/mol. The first-order chi connectivity index (χ1) is 5.86. The average molecular weight is 225 g/mol. The zero-order chi connectivity index (χ0) is 8.39. The number of nitrogens with zero attached hydrogens (tertiary/aromatic N) is 2. The fourth-order valence-corrected chi connectivity index (χ4v) is 1.11. The summed E-state index contributed by atoms with van der Waals surface area (Å²) < 4.78 is 5.65. The third-order valence-corrected chi connectivity index (χ3v) is 1.90. The summed E-state index contributed by atoms with van der Waals surface area (Å²) in [5.41, 5.74) is 1.56. The highest BCUT2D eigenvalue weighted by atomic mass is 79.9. The highest BCUT2D eigenvalue weighted by Crippen LogP contribution is 2.16. The molecule has 0 bridgehead atoms. The van der Waals surface area contributed by atoms with Crippen LogP contribution >= 0.6 is 15.9 Å². The summed E-state index contributed by atoms with van der Waals surface area (Å²) in [6, 6.07) is 5.56. The largest absolute Gasteiger partial charge is 0.364 e. The van der Waals surface area contributed by atoms with E-state index >= 15 is 0 Å². The molecular formula is C8H5BrN2O. The molecule has 0 amide bonds. The number of pyridine rings is 1. The van der Waals surface area contributed by atoms with Crippen LogP contribution < -0.4 is 0 Å². The van der Waals surface area contributed by atoms with Crippen LogP contribution in [0.15, 0.2) is 39.7 Å². The van der Waals surface area contributed by atoms with Gasteiger partial charge >= 0.3 is 0 Å². The maximum atomic E-state index is 4.70. The molecule has 0 radical (unpaired) electrons. The lowest BCUT2D eigenvalue weighted by atomic mass is 10.3. The summed E-state index contributed by atoms with van der Waals surface area (Å²) in [6.07, 6.45) is 3.25. The Morgan fingerprint density at radius 1 is 1.17 bits per heavy atom. The Hall–Kier alpha value is -1.16. The van der Waals surface area contributed by atoms with Crippen LogP contribution in [0.5, 0.6) is 0 Å². The SMILES string of the molecule is Brc1ccc(-c2ccon2)nc1. The van der Waals surface area contributed by atoms with Crippen molar-refractivity contribution in [3.8, 4) is 11.4 Å². The van der Waals surface area contributed by atoms with E-state index in [1.165, 1.54) is 6.26 Å². The molecule has 2 aromatic heterocycles. The highest BCUT2D eigenvalue weighted by Gasteiger charge is 2.00. The maximum absolute atomic E-state index is 4.70. The van der Waals surface area contributed by atoms with Gasteiger partial charge in [0.15, 0.2) is 0 Å². The number of halogens is 1. The second kappa shape index (κ2) is 3.06. The molecule has 0 saturated heterocycles. The van der Waals surface area contributed by atoms with Gasteiger partial charge in [-0.2, -0.15) is 0 Å². The molecule has 2 heterocycles. The third kappa shape index (κ3) is 1.38. The first kappa shape index (κ1) is 7.49. The molecule has 0 unspecified atom stereocenters. The fraction of sp³-hybridized carbons (Fsp3) is 0. The van der Waals surface area contributed by atoms with Gasteiger partial charge in [0.2, 0.25) is 0 Å². The van der Waals surface area contributed by atoms with Crippen molar-refractivity contribution >= 4 is 15.9 Å². The number of hydrogen-bond acceptors (Lipinski definition) is 3. The summed E-state index contributed by atoms with van der Waals surface area (Å²) in [7, 11) is 0. The van der Waals surface area contributed by atoms with Crippen LogP contribution in [0.4, 0.5) is 0 Å². The van der Waals surface area contributed by atoms with Crippen molar-refractivity contribution in [3.63, 3.8) is 0 Å². The molecule has 4 heteroatoms. The van der Waals surface area contributed by atoms with Gasteiger partial charge in [-0.3, -0.25) is 4.98 Å². The topological polar surface area (TPSA) is 38.9 Å². The van der Waals surface area contributed by atoms with Gasteiger partial charge in [0.05, 0.1) is 5.69 Å². The van der Waals surface area contributed by atoms with Crippen LogP contribution in [0, 0.1) is 0 Å². The molecule has 0 aromatic carbocycles. The van der Waals surface area contributed by atoms with Gasteiger partial charge in [-0.1, -0.05) is 5.16 Å². The van der Waals surface area contributed by atoms with Gasteiger partial charge in [-0.15, -0.1) is 0 Å². The standard InChI is InChI=1S/C8H5BrN2O/c9-6-1-2-7(10-5-6)8-3-4-12-11-8/h1-5H. The van der Waals surface area contributed by atoms with Crippen molar-refractivity contribution in [2.45, 2.75) is 0 Å². The van der Waals surface area contributed by atoms with Crippen molar-refractivity contribution in [2.24, 2.45) is 0 Å². The first-order valence-electron chi connectivity index (χ1n) is 3.38. The summed E-state index contributed by atoms with van der Waals surface area (Å²) in [5, 5.41) is 3.76. The molecule has 12 heavy (non-hydrogen) atoms. The predicted octanol–water partition coefficient (Wildman–Crippen LogP) is 2.50. The quantitative estimate of drug-likeness (QED) is 0.748. The normalized spacial score (nSPS) is 10.1. The molecule has 60 valence electrons. The second-order valence-corrected chi connectivity index (χ2v) is 3.16. The minimum absolute atomic E-state index is 0.752. The number of hydrogen-bond donors (Lipinski definition) is 0. The molecule has 0 aliphatic rings. The van der Waals surface area contributed by atoms with Crippen molar-refractivity contribution in [2.75, 3.05) is 0 Å². The van der Waals surface area contributed by atoms with Gasteiger partial charge in [0, 0.05) is 16.7 Å². The Labute approximate surface area is 77.5 Å². The van der Waals surface area contributed by atoms with Crippen LogP contribution in [-0.4, -0.2) is 10.1 Å². The Balaban J connectivity index is 2.43. The van der Waals surface area contributed by atoms with E-state index in [1.807, 2.05) is 12.1 Å². The van der Waals surface area contributed by atoms with Gasteiger partial charge in [-0.05, 0) is 28.1 Å². The van der Waals surface area contributed by atoms with Gasteiger partial charge in [0.1, 0.15) is 12.0 Å². The summed E-state index contributed by atoms with van der Waals surface area (Å²) in [5.74, 6) is 0. The lowest BCUT2D eigenvalue weighted by Gasteiger charge is -1.92. The molecule has 0 saturated carbocycles. The molecule has 0 atom stereocenters. The molecule has 3 nitrogen and oxygen atoms in total. The van der Waals surface area contributed by atoms with Crippen LogP contribution in [0.3, 0.4) is 0 Å². The van der Waals surface area contributed by atoms with E-state index in [9.17, 15) is 0 Å². The van der Waals surface area contributed by atoms with E-state index in [-0.39, 0.29) is 0 Å². The van der Waals surface area contributed by atoms with Crippen molar-refractivity contribution in [1.29, 1.82) is 0 Å². The molecule has 0 aliphatic carbocycles. The van der Waals surface area contributed by atoms with E-state index in [1.54, 1.807) is 12.3 Å². The van der Waals surface area contributed by atoms with E-state index in [2.05, 4.69) is 26.1 Å². The summed E-state index contributed by atoms with van der Waals surface area (Å²) in [4.78, 5) is 4.15. The van der Waals surface area contributed by atoms with Crippen LogP contribution in [0.25, 0.3) is 11.4 Å². The van der Waals surface area contributed by atoms with Crippen molar-refractivity contribution in [1.82, 2.24) is 10.1 Å². The molecule has 0 spiro atoms. The molecule has 0 N–H and O–H groups in total. The Bertz CT molecular complexity index is 355. The second-order valence-electron chi connectivity index (χ2n) is 2.25. The van der Waals surface area contributed by atoms with Crippen LogP contribution in [0.1, 0.15) is 0 Å². The average Bonchev–Trinajstić information content (AvgIpc) is 2.58. The van der Waals surface area contributed by atoms with E-state index < -0.39 is 0 Å². The van der Waals surface area contributed by atoms with Crippen LogP contribution in [-0.2, 0) is 0 Å². The maximum Gasteiger partial charge on any atom is 0.132 e. The molecule has 2 aromatic rings. The molecule has 0 fully saturated rings. The first-order valence-corrected chi connectivity index (χ1v) is 4.18. The zero-order valence-electron chi connectivity index (χ0n) is 6.07. The summed E-state index contributed by atoms with van der Waals surface area (Å²) in [6.45, 7) is 0. The third-order valence-electron chi connectivity index (χ3n) is 1.43. The minimum Gasteiger partial charge on any atom is -0.364 e. The van der Waals surface area contributed by atoms with Crippen molar-refractivity contribution in [3.05, 3.63) is 35.1 Å². The highest BCUT2D eigenvalue weighted by molar-refractivity contribution is 9.10. The molecular weight excluding hydrogens is 220 g/mol. The van der Waals surface area contributed by atoms with E-state index in [0.29, 0.717) is 0 Å². The fourth-order valence-electron chi connectivity index (χ4n) is 0.872. The lowest BCUT2D eigenvalue weighted by Crippen LogP contribution is -1.81. The Morgan fingerprint density at radius 3 is 2.67 bits per heavy atom. The molecule has 2 rings (SSSR count). The molecule has 0 aliphatic heterocycles. The van der Waals surface area contributed by atoms with Crippen LogP contribution in [0.2, 0.25) is 0 Å². The van der Waals surface area contributed by atoms with Gasteiger partial charge in [-0.25, -0.2) is 0 Å². The number of rotatable bonds is 1. The smallest absolute Gasteiger partial charge is 0.132 e. The Kier molecular flexibility index (Phi) is 1.91. The zero-order valence-corrected chi connectivity index (χ0v) is 7.65. The summed E-state index contributed by atoms with van der Waals surface area (Å²) >= 11 is 3.30. The van der Waals surface area contributed by atoms with Gasteiger partial charge < -0.3 is 4.52 Å². The van der Waals surface area contributed by atoms with E-state index in [4.69, 9.17) is 4.52 Å². The van der Waals surface area contributed by atoms with Gasteiger partial charge in [0.25, 0.3) is 0 Å². The van der Waals surface area contributed by atoms with E-state index in [0.717, 1.165) is 15.9 Å². The Morgan fingerprint density at radius 2 is 2.08 bits per heavy atom. The lowest BCUT2D eigenvalue weighted by molar-refractivity contribution is 0.422. The predicted molar refractivity (Wildman–Crippen MR) is 47.4 cm³/mol.